The van der Waals surface area contributed by atoms with Crippen molar-refractivity contribution in [2.75, 3.05) is 14.2 Å². The highest BCUT2D eigenvalue weighted by Gasteiger charge is 2.14. The monoisotopic (exact) mass is 247 g/mol. The highest BCUT2D eigenvalue weighted by Crippen LogP contribution is 2.28. The van der Waals surface area contributed by atoms with Gasteiger partial charge in [0.25, 0.3) is 0 Å². The molecule has 0 saturated heterocycles. The van der Waals surface area contributed by atoms with Crippen LogP contribution in [0.2, 0.25) is 0 Å². The minimum atomic E-state index is -0.438. The van der Waals surface area contributed by atoms with Crippen LogP contribution in [0.4, 0.5) is 0 Å². The topological polar surface area (TPSA) is 57.5 Å². The lowest BCUT2D eigenvalue weighted by Gasteiger charge is -2.02. The van der Waals surface area contributed by atoms with Crippen molar-refractivity contribution in [2.45, 2.75) is 6.92 Å². The van der Waals surface area contributed by atoms with Gasteiger partial charge in [-0.05, 0) is 18.2 Å². The van der Waals surface area contributed by atoms with Crippen LogP contribution in [-0.4, -0.2) is 30.7 Å². The predicted molar refractivity (Wildman–Crippen MR) is 66.1 cm³/mol. The van der Waals surface area contributed by atoms with Crippen molar-refractivity contribution in [3.8, 4) is 5.75 Å². The summed E-state index contributed by atoms with van der Waals surface area (Å²) in [6, 6.07) is 4.99. The fourth-order valence-electron chi connectivity index (χ4n) is 1.86. The number of aromatic nitrogens is 1. The third kappa shape index (κ3) is 1.84. The van der Waals surface area contributed by atoms with Crippen LogP contribution in [0.3, 0.4) is 0 Å². The van der Waals surface area contributed by atoms with Crippen LogP contribution in [0.15, 0.2) is 24.4 Å². The molecule has 94 valence electrons. The van der Waals surface area contributed by atoms with Crippen molar-refractivity contribution in [3.05, 3.63) is 30.0 Å². The van der Waals surface area contributed by atoms with E-state index in [0.29, 0.717) is 16.8 Å². The Morgan fingerprint density at radius 1 is 1.22 bits per heavy atom. The Labute approximate surface area is 104 Å². The van der Waals surface area contributed by atoms with Crippen molar-refractivity contribution < 1.29 is 19.1 Å². The first-order valence-electron chi connectivity index (χ1n) is 5.37. The Morgan fingerprint density at radius 3 is 2.50 bits per heavy atom. The first-order valence-corrected chi connectivity index (χ1v) is 5.37. The molecule has 2 rings (SSSR count). The summed E-state index contributed by atoms with van der Waals surface area (Å²) in [5.41, 5.74) is 1.02. The maximum absolute atomic E-state index is 11.5. The lowest BCUT2D eigenvalue weighted by Crippen LogP contribution is -2.05. The standard InChI is InChI=1S/C13H13NO4/c1-8(15)14-7-12(17-2)10-5-4-9(6-11(10)14)13(16)18-3/h4-7H,1-3H3. The van der Waals surface area contributed by atoms with Gasteiger partial charge in [-0.1, -0.05) is 0 Å². The van der Waals surface area contributed by atoms with Gasteiger partial charge in [0.05, 0.1) is 31.5 Å². The number of carbonyl (C=O) groups excluding carboxylic acids is 2. The van der Waals surface area contributed by atoms with E-state index in [-0.39, 0.29) is 5.91 Å². The second kappa shape index (κ2) is 4.52. The second-order valence-electron chi connectivity index (χ2n) is 3.81. The van der Waals surface area contributed by atoms with Crippen molar-refractivity contribution in [3.63, 3.8) is 0 Å². The molecular weight excluding hydrogens is 234 g/mol. The fraction of sp³-hybridized carbons (Fsp3) is 0.231. The van der Waals surface area contributed by atoms with E-state index in [1.54, 1.807) is 24.4 Å². The van der Waals surface area contributed by atoms with E-state index in [1.165, 1.54) is 25.7 Å². The average Bonchev–Trinajstić information content (AvgIpc) is 2.75. The molecule has 0 aliphatic rings. The molecule has 0 amide bonds. The van der Waals surface area contributed by atoms with E-state index < -0.39 is 5.97 Å². The molecule has 5 heteroatoms. The molecule has 5 nitrogen and oxygen atoms in total. The number of hydrogen-bond acceptors (Lipinski definition) is 4. The van der Waals surface area contributed by atoms with Gasteiger partial charge in [0, 0.05) is 12.3 Å². The van der Waals surface area contributed by atoms with Crippen molar-refractivity contribution in [1.82, 2.24) is 4.57 Å². The Morgan fingerprint density at radius 2 is 1.94 bits per heavy atom. The molecule has 0 atom stereocenters. The molecule has 1 aromatic heterocycles. The summed E-state index contributed by atoms with van der Waals surface area (Å²) in [6.45, 7) is 1.45. The van der Waals surface area contributed by atoms with Crippen LogP contribution >= 0.6 is 0 Å². The molecule has 0 N–H and O–H groups in total. The largest absolute Gasteiger partial charge is 0.494 e. The maximum atomic E-state index is 11.5. The van der Waals surface area contributed by atoms with Gasteiger partial charge >= 0.3 is 5.97 Å². The van der Waals surface area contributed by atoms with Gasteiger partial charge in [-0.2, -0.15) is 0 Å². The lowest BCUT2D eigenvalue weighted by molar-refractivity contribution is 0.0600. The zero-order valence-corrected chi connectivity index (χ0v) is 10.4. The normalized spacial score (nSPS) is 10.4. The van der Waals surface area contributed by atoms with Crippen LogP contribution in [0.25, 0.3) is 10.9 Å². The number of benzene rings is 1. The minimum Gasteiger partial charge on any atom is -0.494 e. The van der Waals surface area contributed by atoms with Crippen LogP contribution in [0, 0.1) is 0 Å². The molecule has 0 fully saturated rings. The van der Waals surface area contributed by atoms with Gasteiger partial charge in [-0.15, -0.1) is 0 Å². The molecule has 0 aliphatic carbocycles. The predicted octanol–water partition coefficient (Wildman–Crippen LogP) is 2.10. The Balaban J connectivity index is 2.70. The molecule has 0 aliphatic heterocycles. The first-order chi connectivity index (χ1) is 8.58. The summed E-state index contributed by atoms with van der Waals surface area (Å²) < 4.78 is 11.3. The Bertz CT molecular complexity index is 627. The molecule has 0 bridgehead atoms. The van der Waals surface area contributed by atoms with Crippen LogP contribution in [0.1, 0.15) is 22.1 Å². The summed E-state index contributed by atoms with van der Waals surface area (Å²) in [4.78, 5) is 23.0. The van der Waals surface area contributed by atoms with Gasteiger partial charge in [0.1, 0.15) is 5.75 Å². The molecule has 0 radical (unpaired) electrons. The number of ether oxygens (including phenoxy) is 2. The summed E-state index contributed by atoms with van der Waals surface area (Å²) in [5, 5.41) is 0.778. The van der Waals surface area contributed by atoms with Crippen LogP contribution in [-0.2, 0) is 4.74 Å². The number of carbonyl (C=O) groups is 2. The number of esters is 1. The quantitative estimate of drug-likeness (QED) is 0.762. The SMILES string of the molecule is COC(=O)c1ccc2c(OC)cn(C(C)=O)c2c1. The van der Waals surface area contributed by atoms with E-state index in [4.69, 9.17) is 4.74 Å². The molecule has 0 unspecified atom stereocenters. The fourth-order valence-corrected chi connectivity index (χ4v) is 1.86. The van der Waals surface area contributed by atoms with Crippen molar-refractivity contribution >= 4 is 22.8 Å². The highest BCUT2D eigenvalue weighted by atomic mass is 16.5. The zero-order chi connectivity index (χ0) is 13.3. The summed E-state index contributed by atoms with van der Waals surface area (Å²) in [6.07, 6.45) is 1.61. The lowest BCUT2D eigenvalue weighted by atomic mass is 10.1. The number of nitrogens with zero attached hydrogens (tertiary/aromatic N) is 1. The molecule has 2 aromatic rings. The van der Waals surface area contributed by atoms with Crippen molar-refractivity contribution in [2.24, 2.45) is 0 Å². The van der Waals surface area contributed by atoms with E-state index in [9.17, 15) is 9.59 Å². The minimum absolute atomic E-state index is 0.148. The van der Waals surface area contributed by atoms with Gasteiger partial charge in [-0.25, -0.2) is 4.79 Å². The number of rotatable bonds is 2. The highest BCUT2D eigenvalue weighted by molar-refractivity contribution is 6.00. The summed E-state index contributed by atoms with van der Waals surface area (Å²) in [7, 11) is 2.85. The van der Waals surface area contributed by atoms with E-state index in [2.05, 4.69) is 4.74 Å². The van der Waals surface area contributed by atoms with Gasteiger partial charge in [0.2, 0.25) is 5.91 Å². The van der Waals surface area contributed by atoms with E-state index in [0.717, 1.165) is 5.39 Å². The first kappa shape index (κ1) is 12.2. The smallest absolute Gasteiger partial charge is 0.337 e. The molecule has 0 spiro atoms. The molecular formula is C13H13NO4. The summed E-state index contributed by atoms with van der Waals surface area (Å²) in [5.74, 6) is 0.00843. The van der Waals surface area contributed by atoms with Crippen molar-refractivity contribution in [1.29, 1.82) is 0 Å². The third-order valence-corrected chi connectivity index (χ3v) is 2.75. The third-order valence-electron chi connectivity index (χ3n) is 2.75. The van der Waals surface area contributed by atoms with E-state index >= 15 is 0 Å². The maximum Gasteiger partial charge on any atom is 0.337 e. The summed E-state index contributed by atoms with van der Waals surface area (Å²) >= 11 is 0. The molecule has 18 heavy (non-hydrogen) atoms. The van der Waals surface area contributed by atoms with Gasteiger partial charge in [-0.3, -0.25) is 9.36 Å². The molecule has 1 heterocycles. The second-order valence-corrected chi connectivity index (χ2v) is 3.81. The van der Waals surface area contributed by atoms with Gasteiger partial charge < -0.3 is 9.47 Å². The average molecular weight is 247 g/mol. The van der Waals surface area contributed by atoms with E-state index in [1.807, 2.05) is 0 Å². The number of methoxy groups -OCH3 is 2. The Hall–Kier alpha value is -2.30. The Kier molecular flexibility index (Phi) is 3.06. The van der Waals surface area contributed by atoms with Crippen LogP contribution < -0.4 is 4.74 Å². The van der Waals surface area contributed by atoms with Crippen LogP contribution in [0.5, 0.6) is 5.75 Å². The van der Waals surface area contributed by atoms with Gasteiger partial charge in [0.15, 0.2) is 0 Å². The number of hydrogen-bond donors (Lipinski definition) is 0. The number of fused-ring (bicyclic) bond motifs is 1. The zero-order valence-electron chi connectivity index (χ0n) is 10.4. The molecule has 1 aromatic carbocycles. The molecule has 0 saturated carbocycles.